The lowest BCUT2D eigenvalue weighted by Gasteiger charge is -2.32. The van der Waals surface area contributed by atoms with Gasteiger partial charge in [0.25, 0.3) is 0 Å². The van der Waals surface area contributed by atoms with Gasteiger partial charge in [0.1, 0.15) is 5.75 Å². The Hall–Kier alpha value is -2.70. The van der Waals surface area contributed by atoms with Crippen molar-refractivity contribution < 1.29 is 5.11 Å². The van der Waals surface area contributed by atoms with Crippen LogP contribution in [0.25, 0.3) is 5.65 Å². The zero-order valence-electron chi connectivity index (χ0n) is 12.0. The van der Waals surface area contributed by atoms with Gasteiger partial charge in [-0.15, -0.1) is 14.8 Å². The molecule has 1 saturated heterocycles. The van der Waals surface area contributed by atoms with Crippen LogP contribution in [0.2, 0.25) is 0 Å². The summed E-state index contributed by atoms with van der Waals surface area (Å²) >= 11 is 0. The predicted molar refractivity (Wildman–Crippen MR) is 80.9 cm³/mol. The number of phenols is 1. The zero-order valence-corrected chi connectivity index (χ0v) is 12.0. The van der Waals surface area contributed by atoms with Gasteiger partial charge in [-0.1, -0.05) is 12.1 Å². The van der Waals surface area contributed by atoms with Crippen molar-refractivity contribution in [1.29, 1.82) is 0 Å². The van der Waals surface area contributed by atoms with E-state index in [2.05, 4.69) is 25.5 Å². The first-order valence-electron chi connectivity index (χ1n) is 7.39. The predicted octanol–water partition coefficient (Wildman–Crippen LogP) is 1.61. The second kappa shape index (κ2) is 5.25. The van der Waals surface area contributed by atoms with E-state index in [9.17, 15) is 5.11 Å². The van der Waals surface area contributed by atoms with Gasteiger partial charge in [0, 0.05) is 13.1 Å². The number of benzene rings is 1. The third-order valence-corrected chi connectivity index (χ3v) is 4.24. The van der Waals surface area contributed by atoms with Crippen molar-refractivity contribution in [2.75, 3.05) is 18.0 Å². The van der Waals surface area contributed by atoms with Crippen LogP contribution in [0.3, 0.4) is 0 Å². The highest BCUT2D eigenvalue weighted by molar-refractivity contribution is 5.45. The summed E-state index contributed by atoms with van der Waals surface area (Å²) in [5.41, 5.74) is 1.95. The van der Waals surface area contributed by atoms with E-state index < -0.39 is 0 Å². The van der Waals surface area contributed by atoms with Gasteiger partial charge in [0.05, 0.1) is 0 Å². The van der Waals surface area contributed by atoms with E-state index in [1.165, 1.54) is 10.2 Å². The first kappa shape index (κ1) is 13.0. The molecule has 4 rings (SSSR count). The molecule has 7 heteroatoms. The quantitative estimate of drug-likeness (QED) is 0.774. The third kappa shape index (κ3) is 2.34. The first-order chi connectivity index (χ1) is 10.8. The molecule has 0 radical (unpaired) electrons. The van der Waals surface area contributed by atoms with Gasteiger partial charge < -0.3 is 10.0 Å². The Morgan fingerprint density at radius 1 is 1.00 bits per heavy atom. The summed E-state index contributed by atoms with van der Waals surface area (Å²) in [6, 6.07) is 11.4. The number of nitrogens with zero attached hydrogens (tertiary/aromatic N) is 6. The number of anilines is 1. The highest BCUT2D eigenvalue weighted by Crippen LogP contribution is 2.30. The average molecular weight is 296 g/mol. The number of aromatic nitrogens is 5. The summed E-state index contributed by atoms with van der Waals surface area (Å²) in [6.45, 7) is 1.90. The average Bonchev–Trinajstić information content (AvgIpc) is 3.03. The van der Waals surface area contributed by atoms with E-state index >= 15 is 0 Å². The molecule has 2 aromatic heterocycles. The van der Waals surface area contributed by atoms with Crippen LogP contribution in [0.1, 0.15) is 24.3 Å². The number of aromatic hydroxyl groups is 1. The molecule has 1 N–H and O–H groups in total. The minimum atomic E-state index is 0.320. The van der Waals surface area contributed by atoms with Gasteiger partial charge >= 0.3 is 0 Å². The minimum Gasteiger partial charge on any atom is -0.508 e. The molecule has 3 heterocycles. The van der Waals surface area contributed by atoms with Crippen molar-refractivity contribution in [2.45, 2.75) is 18.8 Å². The summed E-state index contributed by atoms with van der Waals surface area (Å²) in [6.07, 6.45) is 2.14. The van der Waals surface area contributed by atoms with Gasteiger partial charge in [-0.3, -0.25) is 0 Å². The number of phenolic OH excluding ortho intramolecular Hbond substituents is 1. The highest BCUT2D eigenvalue weighted by atomic mass is 16.3. The molecule has 1 aromatic carbocycles. The molecule has 0 atom stereocenters. The Balaban J connectivity index is 1.47. The third-order valence-electron chi connectivity index (χ3n) is 4.24. The monoisotopic (exact) mass is 296 g/mol. The maximum absolute atomic E-state index is 9.38. The van der Waals surface area contributed by atoms with E-state index in [1.807, 2.05) is 24.3 Å². The molecule has 7 nitrogen and oxygen atoms in total. The summed E-state index contributed by atoms with van der Waals surface area (Å²) in [4.78, 5) is 2.26. The number of fused-ring (bicyclic) bond motifs is 1. The van der Waals surface area contributed by atoms with Crippen LogP contribution in [-0.2, 0) is 0 Å². The van der Waals surface area contributed by atoms with Gasteiger partial charge in [-0.2, -0.15) is 0 Å². The lowest BCUT2D eigenvalue weighted by atomic mass is 9.89. The molecule has 3 aromatic rings. The molecule has 0 saturated carbocycles. The molecule has 22 heavy (non-hydrogen) atoms. The minimum absolute atomic E-state index is 0.320. The molecule has 0 bridgehead atoms. The number of rotatable bonds is 2. The Kier molecular flexibility index (Phi) is 3.10. The molecule has 1 aliphatic rings. The zero-order chi connectivity index (χ0) is 14.9. The topological polar surface area (TPSA) is 79.4 Å². The summed E-state index contributed by atoms with van der Waals surface area (Å²) < 4.78 is 1.46. The van der Waals surface area contributed by atoms with Crippen LogP contribution >= 0.6 is 0 Å². The van der Waals surface area contributed by atoms with Crippen LogP contribution in [0.4, 0.5) is 5.82 Å². The van der Waals surface area contributed by atoms with Crippen LogP contribution in [0.15, 0.2) is 36.4 Å². The van der Waals surface area contributed by atoms with Crippen molar-refractivity contribution in [3.63, 3.8) is 0 Å². The van der Waals surface area contributed by atoms with E-state index in [4.69, 9.17) is 0 Å². The number of hydrogen-bond donors (Lipinski definition) is 1. The largest absolute Gasteiger partial charge is 0.508 e. The lowest BCUT2D eigenvalue weighted by molar-refractivity contribution is 0.472. The Labute approximate surface area is 127 Å². The van der Waals surface area contributed by atoms with Crippen molar-refractivity contribution in [2.24, 2.45) is 0 Å². The fraction of sp³-hybridized carbons (Fsp3) is 0.333. The Bertz CT molecular complexity index is 776. The summed E-state index contributed by atoms with van der Waals surface area (Å²) in [5.74, 6) is 1.76. The number of hydrogen-bond acceptors (Lipinski definition) is 6. The fourth-order valence-corrected chi connectivity index (χ4v) is 3.00. The van der Waals surface area contributed by atoms with E-state index in [0.717, 1.165) is 31.7 Å². The van der Waals surface area contributed by atoms with E-state index in [0.29, 0.717) is 17.3 Å². The summed E-state index contributed by atoms with van der Waals surface area (Å²) in [5, 5.41) is 25.1. The van der Waals surface area contributed by atoms with Gasteiger partial charge in [-0.25, -0.2) is 0 Å². The first-order valence-corrected chi connectivity index (χ1v) is 7.39. The van der Waals surface area contributed by atoms with E-state index in [-0.39, 0.29) is 0 Å². The normalized spacial score (nSPS) is 16.3. The molecule has 112 valence electrons. The van der Waals surface area contributed by atoms with Gasteiger partial charge in [-0.05, 0) is 59.0 Å². The van der Waals surface area contributed by atoms with Crippen LogP contribution in [-0.4, -0.2) is 43.5 Å². The molecule has 1 aliphatic heterocycles. The van der Waals surface area contributed by atoms with Crippen molar-refractivity contribution in [3.8, 4) is 5.75 Å². The molecule has 0 spiro atoms. The van der Waals surface area contributed by atoms with Crippen molar-refractivity contribution in [3.05, 3.63) is 42.0 Å². The van der Waals surface area contributed by atoms with Gasteiger partial charge in [0.2, 0.25) is 0 Å². The number of piperidine rings is 1. The Morgan fingerprint density at radius 2 is 1.77 bits per heavy atom. The van der Waals surface area contributed by atoms with Crippen LogP contribution in [0.5, 0.6) is 5.75 Å². The fourth-order valence-electron chi connectivity index (χ4n) is 3.00. The van der Waals surface area contributed by atoms with Crippen LogP contribution in [0, 0.1) is 0 Å². The molecule has 0 unspecified atom stereocenters. The molecular weight excluding hydrogens is 280 g/mol. The molecule has 0 amide bonds. The molecular formula is C15H16N6O. The maximum atomic E-state index is 9.38. The summed E-state index contributed by atoms with van der Waals surface area (Å²) in [7, 11) is 0. The van der Waals surface area contributed by atoms with Crippen molar-refractivity contribution >= 4 is 11.5 Å². The molecule has 1 fully saturated rings. The lowest BCUT2D eigenvalue weighted by Crippen LogP contribution is -2.33. The second-order valence-corrected chi connectivity index (χ2v) is 5.57. The Morgan fingerprint density at radius 3 is 2.55 bits per heavy atom. The molecule has 0 aliphatic carbocycles. The van der Waals surface area contributed by atoms with Crippen LogP contribution < -0.4 is 4.90 Å². The maximum Gasteiger partial charge on any atom is 0.200 e. The standard InChI is InChI=1S/C15H16N6O/c22-13-3-1-11(2-4-13)12-7-9-20(10-8-12)15-6-5-14-16-18-19-21(14)17-15/h1-6,12,22H,7-10H2. The smallest absolute Gasteiger partial charge is 0.200 e. The SMILES string of the molecule is Oc1ccc(C2CCN(c3ccc4nnnn4n3)CC2)cc1. The second-order valence-electron chi connectivity index (χ2n) is 5.57. The highest BCUT2D eigenvalue weighted by Gasteiger charge is 2.21. The number of tetrazole rings is 1. The van der Waals surface area contributed by atoms with Crippen molar-refractivity contribution in [1.82, 2.24) is 25.3 Å². The van der Waals surface area contributed by atoms with Gasteiger partial charge in [0.15, 0.2) is 11.5 Å². The van der Waals surface area contributed by atoms with E-state index in [1.54, 1.807) is 12.1 Å².